The van der Waals surface area contributed by atoms with Crippen molar-refractivity contribution in [3.63, 3.8) is 0 Å². The maximum atomic E-state index is 5.93. The van der Waals surface area contributed by atoms with Crippen LogP contribution in [-0.2, 0) is 0 Å². The predicted molar refractivity (Wildman–Crippen MR) is 64.2 cm³/mol. The average Bonchev–Trinajstić information content (AvgIpc) is 2.86. The molecule has 5 heteroatoms. The first-order chi connectivity index (χ1) is 7.72. The van der Waals surface area contributed by atoms with E-state index in [9.17, 15) is 0 Å². The zero-order chi connectivity index (χ0) is 11.5. The first kappa shape index (κ1) is 11.3. The van der Waals surface area contributed by atoms with Gasteiger partial charge in [-0.25, -0.2) is 0 Å². The van der Waals surface area contributed by atoms with Crippen molar-refractivity contribution in [1.29, 1.82) is 0 Å². The Kier molecular flexibility index (Phi) is 3.36. The van der Waals surface area contributed by atoms with Gasteiger partial charge in [-0.3, -0.25) is 0 Å². The van der Waals surface area contributed by atoms with E-state index >= 15 is 0 Å². The molecule has 2 N–H and O–H groups in total. The summed E-state index contributed by atoms with van der Waals surface area (Å²) in [7, 11) is 0. The third-order valence-electron chi connectivity index (χ3n) is 2.43. The van der Waals surface area contributed by atoms with E-state index in [-0.39, 0.29) is 6.04 Å². The van der Waals surface area contributed by atoms with Crippen LogP contribution in [0.5, 0.6) is 0 Å². The Morgan fingerprint density at radius 1 is 1.56 bits per heavy atom. The molecule has 2 rings (SSSR count). The Labute approximate surface area is 98.5 Å². The van der Waals surface area contributed by atoms with Crippen molar-refractivity contribution in [3.8, 4) is 10.8 Å². The number of thiophene rings is 1. The largest absolute Gasteiger partial charge is 0.333 e. The molecule has 0 aliphatic heterocycles. The van der Waals surface area contributed by atoms with Crippen LogP contribution >= 0.6 is 11.3 Å². The summed E-state index contributed by atoms with van der Waals surface area (Å²) < 4.78 is 5.23. The smallest absolute Gasteiger partial charge is 0.268 e. The van der Waals surface area contributed by atoms with E-state index in [1.165, 1.54) is 0 Å². The van der Waals surface area contributed by atoms with E-state index in [0.717, 1.165) is 23.3 Å². The third-order valence-corrected chi connectivity index (χ3v) is 3.43. The number of aromatic nitrogens is 2. The van der Waals surface area contributed by atoms with Gasteiger partial charge in [-0.2, -0.15) is 4.98 Å². The zero-order valence-corrected chi connectivity index (χ0v) is 10.3. The molecule has 86 valence electrons. The molecule has 0 aliphatic carbocycles. The van der Waals surface area contributed by atoms with Crippen LogP contribution in [0, 0.1) is 6.92 Å². The van der Waals surface area contributed by atoms with Crippen LogP contribution in [0.25, 0.3) is 10.8 Å². The Hall–Kier alpha value is -1.20. The molecule has 0 aromatic carbocycles. The first-order valence-corrected chi connectivity index (χ1v) is 6.24. The van der Waals surface area contributed by atoms with E-state index in [1.807, 2.05) is 18.4 Å². The van der Waals surface area contributed by atoms with Gasteiger partial charge in [0.2, 0.25) is 0 Å². The lowest BCUT2D eigenvalue weighted by Crippen LogP contribution is -2.11. The maximum Gasteiger partial charge on any atom is 0.268 e. The molecule has 0 spiro atoms. The minimum Gasteiger partial charge on any atom is -0.333 e. The fourth-order valence-corrected chi connectivity index (χ4v) is 2.36. The second kappa shape index (κ2) is 4.76. The Morgan fingerprint density at radius 3 is 3.00 bits per heavy atom. The molecule has 2 heterocycles. The van der Waals surface area contributed by atoms with Crippen molar-refractivity contribution in [2.45, 2.75) is 32.7 Å². The summed E-state index contributed by atoms with van der Waals surface area (Å²) in [5, 5.41) is 5.94. The molecule has 0 amide bonds. The van der Waals surface area contributed by atoms with Gasteiger partial charge in [0.25, 0.3) is 5.89 Å². The molecule has 4 nitrogen and oxygen atoms in total. The SMILES string of the molecule is CCCC(N)c1noc(-c2sccc2C)n1. The lowest BCUT2D eigenvalue weighted by atomic mass is 10.2. The van der Waals surface area contributed by atoms with Gasteiger partial charge in [0.1, 0.15) is 0 Å². The van der Waals surface area contributed by atoms with Gasteiger partial charge < -0.3 is 10.3 Å². The molecule has 0 saturated carbocycles. The Bertz CT molecular complexity index is 463. The topological polar surface area (TPSA) is 64.9 Å². The number of rotatable bonds is 4. The van der Waals surface area contributed by atoms with Crippen LogP contribution in [0.4, 0.5) is 0 Å². The van der Waals surface area contributed by atoms with Crippen molar-refractivity contribution in [2.75, 3.05) is 0 Å². The maximum absolute atomic E-state index is 5.93. The normalized spacial score (nSPS) is 12.9. The Balaban J connectivity index is 2.23. The van der Waals surface area contributed by atoms with E-state index in [1.54, 1.807) is 11.3 Å². The molecular weight excluding hydrogens is 222 g/mol. The molecule has 0 radical (unpaired) electrons. The van der Waals surface area contributed by atoms with Crippen LogP contribution < -0.4 is 5.73 Å². The molecule has 16 heavy (non-hydrogen) atoms. The van der Waals surface area contributed by atoms with Crippen LogP contribution in [0.2, 0.25) is 0 Å². The molecule has 0 aliphatic rings. The van der Waals surface area contributed by atoms with Gasteiger partial charge in [0.15, 0.2) is 5.82 Å². The highest BCUT2D eigenvalue weighted by molar-refractivity contribution is 7.13. The van der Waals surface area contributed by atoms with Crippen LogP contribution in [0.3, 0.4) is 0 Å². The molecule has 2 aromatic heterocycles. The standard InChI is InChI=1S/C11H15N3OS/c1-3-4-8(12)10-13-11(15-14-10)9-7(2)5-6-16-9/h5-6,8H,3-4,12H2,1-2H3. The van der Waals surface area contributed by atoms with Crippen LogP contribution in [0.1, 0.15) is 37.2 Å². The minimum absolute atomic E-state index is 0.122. The molecule has 0 bridgehead atoms. The van der Waals surface area contributed by atoms with Crippen LogP contribution in [0.15, 0.2) is 16.0 Å². The molecule has 1 atom stereocenters. The lowest BCUT2D eigenvalue weighted by molar-refractivity contribution is 0.414. The highest BCUT2D eigenvalue weighted by Crippen LogP contribution is 2.28. The quantitative estimate of drug-likeness (QED) is 0.888. The average molecular weight is 237 g/mol. The predicted octanol–water partition coefficient (Wildman–Crippen LogP) is 2.91. The number of nitrogens with zero attached hydrogens (tertiary/aromatic N) is 2. The summed E-state index contributed by atoms with van der Waals surface area (Å²) in [5.74, 6) is 1.18. The number of hydrogen-bond acceptors (Lipinski definition) is 5. The van der Waals surface area contributed by atoms with Gasteiger partial charge in [-0.05, 0) is 30.4 Å². The number of hydrogen-bond donors (Lipinski definition) is 1. The van der Waals surface area contributed by atoms with E-state index < -0.39 is 0 Å². The lowest BCUT2D eigenvalue weighted by Gasteiger charge is -2.02. The first-order valence-electron chi connectivity index (χ1n) is 5.36. The molecule has 0 fully saturated rings. The molecule has 2 aromatic rings. The summed E-state index contributed by atoms with van der Waals surface area (Å²) in [5.41, 5.74) is 7.09. The van der Waals surface area contributed by atoms with E-state index in [0.29, 0.717) is 11.7 Å². The Morgan fingerprint density at radius 2 is 2.38 bits per heavy atom. The summed E-state index contributed by atoms with van der Waals surface area (Å²) in [6.07, 6.45) is 1.89. The number of aryl methyl sites for hydroxylation is 1. The van der Waals surface area contributed by atoms with Gasteiger partial charge in [-0.1, -0.05) is 18.5 Å². The fraction of sp³-hybridized carbons (Fsp3) is 0.455. The van der Waals surface area contributed by atoms with Crippen molar-refractivity contribution in [3.05, 3.63) is 22.8 Å². The van der Waals surface area contributed by atoms with Gasteiger partial charge >= 0.3 is 0 Å². The third kappa shape index (κ3) is 2.15. The molecule has 0 saturated heterocycles. The second-order valence-corrected chi connectivity index (χ2v) is 4.70. The summed E-state index contributed by atoms with van der Waals surface area (Å²) in [6.45, 7) is 4.12. The van der Waals surface area contributed by atoms with Crippen molar-refractivity contribution in [2.24, 2.45) is 5.73 Å². The molecule has 1 unspecified atom stereocenters. The van der Waals surface area contributed by atoms with Crippen LogP contribution in [-0.4, -0.2) is 10.1 Å². The highest BCUT2D eigenvalue weighted by Gasteiger charge is 2.16. The zero-order valence-electron chi connectivity index (χ0n) is 9.43. The van der Waals surface area contributed by atoms with E-state index in [2.05, 4.69) is 17.1 Å². The number of nitrogens with two attached hydrogens (primary N) is 1. The minimum atomic E-state index is -0.122. The molecular formula is C11H15N3OS. The van der Waals surface area contributed by atoms with Gasteiger partial charge in [0.05, 0.1) is 10.9 Å². The summed E-state index contributed by atoms with van der Waals surface area (Å²) >= 11 is 1.60. The summed E-state index contributed by atoms with van der Waals surface area (Å²) in [6, 6.07) is 1.92. The monoisotopic (exact) mass is 237 g/mol. The van der Waals surface area contributed by atoms with Gasteiger partial charge in [0, 0.05) is 0 Å². The van der Waals surface area contributed by atoms with Crippen molar-refractivity contribution < 1.29 is 4.52 Å². The second-order valence-electron chi connectivity index (χ2n) is 3.79. The van der Waals surface area contributed by atoms with E-state index in [4.69, 9.17) is 10.3 Å². The fourth-order valence-electron chi connectivity index (χ4n) is 1.51. The van der Waals surface area contributed by atoms with Crippen molar-refractivity contribution >= 4 is 11.3 Å². The van der Waals surface area contributed by atoms with Gasteiger partial charge in [-0.15, -0.1) is 11.3 Å². The highest BCUT2D eigenvalue weighted by atomic mass is 32.1. The summed E-state index contributed by atoms with van der Waals surface area (Å²) in [4.78, 5) is 5.37. The van der Waals surface area contributed by atoms with Crippen molar-refractivity contribution in [1.82, 2.24) is 10.1 Å².